The first kappa shape index (κ1) is 13.7. The van der Waals surface area contributed by atoms with Crippen LogP contribution in [0.3, 0.4) is 0 Å². The van der Waals surface area contributed by atoms with E-state index in [1.807, 2.05) is 0 Å². The molecule has 2 N–H and O–H groups in total. The van der Waals surface area contributed by atoms with Gasteiger partial charge in [-0.3, -0.25) is 0 Å². The van der Waals surface area contributed by atoms with Crippen LogP contribution in [0.2, 0.25) is 0 Å². The summed E-state index contributed by atoms with van der Waals surface area (Å²) in [6.45, 7) is 3.57. The van der Waals surface area contributed by atoms with Gasteiger partial charge in [0.2, 0.25) is 0 Å². The van der Waals surface area contributed by atoms with E-state index < -0.39 is 6.29 Å². The number of nitrogens with two attached hydrogens (primary N) is 1. The fourth-order valence-electron chi connectivity index (χ4n) is 1.51. The van der Waals surface area contributed by atoms with Gasteiger partial charge in [0.25, 0.3) is 0 Å². The van der Waals surface area contributed by atoms with Crippen LogP contribution in [-0.2, 0) is 0 Å². The summed E-state index contributed by atoms with van der Waals surface area (Å²) in [5, 5.41) is 0. The minimum atomic E-state index is -3.58. The minimum absolute atomic E-state index is 0. The maximum absolute atomic E-state index is 12.7. The molecule has 0 aromatic heterocycles. The molecular formula is C11H12ClF2NO2. The Labute approximate surface area is 104 Å². The predicted octanol–water partition coefficient (Wildman–Crippen LogP) is 3.01. The summed E-state index contributed by atoms with van der Waals surface area (Å²) in [6.07, 6.45) is -1.34. The third-order valence-electron chi connectivity index (χ3n) is 2.27. The molecule has 1 aromatic rings. The summed E-state index contributed by atoms with van der Waals surface area (Å²) in [7, 11) is 0. The summed E-state index contributed by atoms with van der Waals surface area (Å²) in [5.41, 5.74) is 6.52. The van der Waals surface area contributed by atoms with Crippen LogP contribution in [0.5, 0.6) is 11.5 Å². The molecule has 0 spiro atoms. The van der Waals surface area contributed by atoms with E-state index in [1.54, 1.807) is 12.1 Å². The van der Waals surface area contributed by atoms with Crippen molar-refractivity contribution in [2.45, 2.75) is 18.8 Å². The molecule has 17 heavy (non-hydrogen) atoms. The average molecular weight is 264 g/mol. The summed E-state index contributed by atoms with van der Waals surface area (Å²) < 4.78 is 34.1. The Morgan fingerprint density at radius 2 is 2.00 bits per heavy atom. The Morgan fingerprint density at radius 3 is 2.65 bits per heavy atom. The van der Waals surface area contributed by atoms with E-state index in [-0.39, 0.29) is 29.9 Å². The van der Waals surface area contributed by atoms with E-state index in [1.165, 1.54) is 12.1 Å². The smallest absolute Gasteiger partial charge is 0.395 e. The Bertz CT molecular complexity index is 426. The number of benzene rings is 1. The van der Waals surface area contributed by atoms with Crippen molar-refractivity contribution in [2.75, 3.05) is 0 Å². The molecule has 6 heteroatoms. The summed E-state index contributed by atoms with van der Waals surface area (Å²) in [4.78, 5) is 0. The van der Waals surface area contributed by atoms with Crippen molar-refractivity contribution in [3.8, 4) is 11.5 Å². The zero-order chi connectivity index (χ0) is 11.8. The van der Waals surface area contributed by atoms with Crippen molar-refractivity contribution >= 4 is 12.4 Å². The monoisotopic (exact) mass is 263 g/mol. The Kier molecular flexibility index (Phi) is 3.95. The quantitative estimate of drug-likeness (QED) is 0.853. The number of hydrogen-bond acceptors (Lipinski definition) is 3. The Balaban J connectivity index is 0.00000144. The highest BCUT2D eigenvalue weighted by atomic mass is 35.5. The second-order valence-electron chi connectivity index (χ2n) is 3.50. The van der Waals surface area contributed by atoms with Gasteiger partial charge < -0.3 is 15.2 Å². The number of hydrogen-bond donors (Lipinski definition) is 1. The van der Waals surface area contributed by atoms with Gasteiger partial charge in [0.15, 0.2) is 11.5 Å². The summed E-state index contributed by atoms with van der Waals surface area (Å²) in [5.74, 6) is 0.0431. The first-order valence-corrected chi connectivity index (χ1v) is 4.78. The normalized spacial score (nSPS) is 17.1. The van der Waals surface area contributed by atoms with Crippen molar-refractivity contribution in [2.24, 2.45) is 5.73 Å². The second-order valence-corrected chi connectivity index (χ2v) is 3.50. The minimum Gasteiger partial charge on any atom is -0.395 e. The molecule has 0 radical (unpaired) electrons. The van der Waals surface area contributed by atoms with Gasteiger partial charge >= 0.3 is 6.29 Å². The number of alkyl halides is 2. The van der Waals surface area contributed by atoms with Crippen molar-refractivity contribution in [1.29, 1.82) is 0 Å². The van der Waals surface area contributed by atoms with E-state index in [0.717, 1.165) is 0 Å². The van der Waals surface area contributed by atoms with Gasteiger partial charge in [-0.25, -0.2) is 0 Å². The molecule has 0 saturated heterocycles. The van der Waals surface area contributed by atoms with E-state index in [0.29, 0.717) is 12.0 Å². The largest absolute Gasteiger partial charge is 0.586 e. The average Bonchev–Trinajstić information content (AvgIpc) is 2.50. The lowest BCUT2D eigenvalue weighted by Crippen LogP contribution is -2.25. The van der Waals surface area contributed by atoms with Crippen LogP contribution < -0.4 is 15.2 Å². The van der Waals surface area contributed by atoms with Crippen molar-refractivity contribution in [3.05, 3.63) is 36.4 Å². The second kappa shape index (κ2) is 4.89. The number of halogens is 3. The molecule has 2 rings (SSSR count). The molecule has 94 valence electrons. The van der Waals surface area contributed by atoms with Crippen molar-refractivity contribution in [3.63, 3.8) is 0 Å². The fourth-order valence-corrected chi connectivity index (χ4v) is 1.51. The molecule has 0 aliphatic carbocycles. The van der Waals surface area contributed by atoms with E-state index in [4.69, 9.17) is 5.73 Å². The van der Waals surface area contributed by atoms with Gasteiger partial charge in [0.1, 0.15) is 0 Å². The number of ether oxygens (including phenoxy) is 2. The van der Waals surface area contributed by atoms with Crippen molar-refractivity contribution < 1.29 is 18.3 Å². The van der Waals surface area contributed by atoms with Crippen LogP contribution in [0.15, 0.2) is 30.9 Å². The fraction of sp³-hybridized carbons (Fsp3) is 0.273. The molecule has 1 aliphatic heterocycles. The third kappa shape index (κ3) is 2.87. The zero-order valence-corrected chi connectivity index (χ0v) is 9.68. The first-order chi connectivity index (χ1) is 7.52. The molecule has 1 aromatic carbocycles. The summed E-state index contributed by atoms with van der Waals surface area (Å²) >= 11 is 0. The molecule has 0 bridgehead atoms. The van der Waals surface area contributed by atoms with Crippen LogP contribution in [-0.4, -0.2) is 6.29 Å². The van der Waals surface area contributed by atoms with E-state index >= 15 is 0 Å². The first-order valence-electron chi connectivity index (χ1n) is 4.78. The molecule has 1 heterocycles. The maximum Gasteiger partial charge on any atom is 0.586 e. The molecule has 1 atom stereocenters. The lowest BCUT2D eigenvalue weighted by atomic mass is 10.0. The highest BCUT2D eigenvalue weighted by Gasteiger charge is 2.43. The highest BCUT2D eigenvalue weighted by molar-refractivity contribution is 5.85. The molecule has 0 fully saturated rings. The van der Waals surface area contributed by atoms with Gasteiger partial charge in [-0.2, -0.15) is 0 Å². The van der Waals surface area contributed by atoms with Crippen LogP contribution in [0.1, 0.15) is 18.0 Å². The Morgan fingerprint density at radius 1 is 1.35 bits per heavy atom. The molecule has 1 aliphatic rings. The topological polar surface area (TPSA) is 44.5 Å². The summed E-state index contributed by atoms with van der Waals surface area (Å²) in [6, 6.07) is 4.25. The van der Waals surface area contributed by atoms with Gasteiger partial charge in [-0.15, -0.1) is 27.8 Å². The molecular weight excluding hydrogens is 252 g/mol. The lowest BCUT2D eigenvalue weighted by Gasteiger charge is -2.09. The Hall–Kier alpha value is -1.33. The van der Waals surface area contributed by atoms with E-state index in [2.05, 4.69) is 16.1 Å². The van der Waals surface area contributed by atoms with Gasteiger partial charge in [-0.1, -0.05) is 12.1 Å². The van der Waals surface area contributed by atoms with Crippen molar-refractivity contribution in [1.82, 2.24) is 0 Å². The van der Waals surface area contributed by atoms with Gasteiger partial charge in [0.05, 0.1) is 0 Å². The van der Waals surface area contributed by atoms with Gasteiger partial charge in [0, 0.05) is 6.04 Å². The highest BCUT2D eigenvalue weighted by Crippen LogP contribution is 2.41. The molecule has 0 saturated carbocycles. The number of fused-ring (bicyclic) bond motifs is 1. The van der Waals surface area contributed by atoms with Crippen LogP contribution in [0.4, 0.5) is 8.78 Å². The van der Waals surface area contributed by atoms with Crippen LogP contribution >= 0.6 is 12.4 Å². The van der Waals surface area contributed by atoms with Crippen LogP contribution in [0, 0.1) is 0 Å². The molecule has 0 amide bonds. The van der Waals surface area contributed by atoms with E-state index in [9.17, 15) is 8.78 Å². The molecule has 3 nitrogen and oxygen atoms in total. The molecule has 0 unspecified atom stereocenters. The standard InChI is InChI=1S/C11H11F2NO2.ClH/c1-2-3-8(14)7-4-5-9-10(6-7)16-11(12,13)15-9;/h2,4-6,8H,1,3,14H2;1H/t8-;/m1./s1. The predicted molar refractivity (Wildman–Crippen MR) is 61.6 cm³/mol. The van der Waals surface area contributed by atoms with Gasteiger partial charge in [-0.05, 0) is 24.1 Å². The van der Waals surface area contributed by atoms with Crippen LogP contribution in [0.25, 0.3) is 0 Å². The lowest BCUT2D eigenvalue weighted by molar-refractivity contribution is -0.286. The maximum atomic E-state index is 12.7. The third-order valence-corrected chi connectivity index (χ3v) is 2.27. The SMILES string of the molecule is C=CC[C@@H](N)c1ccc2c(c1)OC(F)(F)O2.Cl. The number of rotatable bonds is 3. The zero-order valence-electron chi connectivity index (χ0n) is 8.86.